The van der Waals surface area contributed by atoms with Gasteiger partial charge in [0.25, 0.3) is 0 Å². The highest BCUT2D eigenvalue weighted by Crippen LogP contribution is 2.38. The van der Waals surface area contributed by atoms with E-state index in [1.165, 1.54) is 41.3 Å². The van der Waals surface area contributed by atoms with Crippen molar-refractivity contribution >= 4 is 15.9 Å². The van der Waals surface area contributed by atoms with Gasteiger partial charge in [-0.3, -0.25) is 0 Å². The van der Waals surface area contributed by atoms with Crippen molar-refractivity contribution in [3.05, 3.63) is 33.8 Å². The third kappa shape index (κ3) is 3.82. The molecule has 0 radical (unpaired) electrons. The molecule has 94 valence electrons. The summed E-state index contributed by atoms with van der Waals surface area (Å²) in [4.78, 5) is 0. The normalized spacial score (nSPS) is 17.1. The molecule has 1 unspecified atom stereocenters. The van der Waals surface area contributed by atoms with E-state index in [1.54, 1.807) is 0 Å². The van der Waals surface area contributed by atoms with Crippen molar-refractivity contribution in [2.75, 3.05) is 6.54 Å². The SMILES string of the molecule is CCCNC(CC1CC1)c1ccc(C)c(Br)c1. The van der Waals surface area contributed by atoms with Crippen LogP contribution in [-0.4, -0.2) is 6.54 Å². The summed E-state index contributed by atoms with van der Waals surface area (Å²) in [6, 6.07) is 7.31. The summed E-state index contributed by atoms with van der Waals surface area (Å²) < 4.78 is 1.23. The van der Waals surface area contributed by atoms with E-state index in [2.05, 4.69) is 53.3 Å². The van der Waals surface area contributed by atoms with Crippen molar-refractivity contribution in [3.63, 3.8) is 0 Å². The van der Waals surface area contributed by atoms with Crippen LogP contribution >= 0.6 is 15.9 Å². The van der Waals surface area contributed by atoms with Gasteiger partial charge in [-0.25, -0.2) is 0 Å². The lowest BCUT2D eigenvalue weighted by molar-refractivity contribution is 0.474. The monoisotopic (exact) mass is 295 g/mol. The molecule has 0 saturated heterocycles. The number of hydrogen-bond donors (Lipinski definition) is 1. The fraction of sp³-hybridized carbons (Fsp3) is 0.600. The highest BCUT2D eigenvalue weighted by atomic mass is 79.9. The van der Waals surface area contributed by atoms with Gasteiger partial charge in [-0.15, -0.1) is 0 Å². The molecule has 0 amide bonds. The molecule has 1 fully saturated rings. The second-order valence-electron chi connectivity index (χ2n) is 5.19. The predicted molar refractivity (Wildman–Crippen MR) is 77.3 cm³/mol. The predicted octanol–water partition coefficient (Wildman–Crippen LogP) is 4.60. The van der Waals surface area contributed by atoms with Crippen LogP contribution in [0.2, 0.25) is 0 Å². The first-order valence-electron chi connectivity index (χ1n) is 6.70. The molecule has 1 nitrogen and oxygen atoms in total. The molecule has 1 aliphatic rings. The van der Waals surface area contributed by atoms with Crippen LogP contribution in [-0.2, 0) is 0 Å². The number of aryl methyl sites for hydroxylation is 1. The number of nitrogens with one attached hydrogen (secondary N) is 1. The van der Waals surface area contributed by atoms with Crippen LogP contribution in [0.25, 0.3) is 0 Å². The lowest BCUT2D eigenvalue weighted by Crippen LogP contribution is -2.22. The van der Waals surface area contributed by atoms with Gasteiger partial charge < -0.3 is 5.32 Å². The van der Waals surface area contributed by atoms with Crippen LogP contribution in [0.3, 0.4) is 0 Å². The van der Waals surface area contributed by atoms with Crippen LogP contribution in [0.1, 0.15) is 49.8 Å². The van der Waals surface area contributed by atoms with Gasteiger partial charge in [0, 0.05) is 10.5 Å². The van der Waals surface area contributed by atoms with Gasteiger partial charge in [0.05, 0.1) is 0 Å². The molecule has 1 aliphatic carbocycles. The molecule has 1 aromatic carbocycles. The van der Waals surface area contributed by atoms with E-state index < -0.39 is 0 Å². The van der Waals surface area contributed by atoms with Crippen LogP contribution < -0.4 is 5.32 Å². The van der Waals surface area contributed by atoms with E-state index in [4.69, 9.17) is 0 Å². The van der Waals surface area contributed by atoms with Gasteiger partial charge in [0.15, 0.2) is 0 Å². The fourth-order valence-electron chi connectivity index (χ4n) is 2.17. The molecule has 1 N–H and O–H groups in total. The van der Waals surface area contributed by atoms with Crippen LogP contribution in [0, 0.1) is 12.8 Å². The van der Waals surface area contributed by atoms with Crippen LogP contribution in [0.5, 0.6) is 0 Å². The molecular weight excluding hydrogens is 274 g/mol. The second kappa shape index (κ2) is 6.01. The Labute approximate surface area is 113 Å². The summed E-state index contributed by atoms with van der Waals surface area (Å²) in [7, 11) is 0. The van der Waals surface area contributed by atoms with Gasteiger partial charge in [0.2, 0.25) is 0 Å². The summed E-state index contributed by atoms with van der Waals surface area (Å²) in [6.45, 7) is 5.48. The highest BCUT2D eigenvalue weighted by molar-refractivity contribution is 9.10. The van der Waals surface area contributed by atoms with E-state index in [0.717, 1.165) is 12.5 Å². The molecule has 2 heteroatoms. The maximum atomic E-state index is 3.68. The Bertz CT molecular complexity index is 371. The third-order valence-electron chi connectivity index (χ3n) is 3.50. The van der Waals surface area contributed by atoms with Gasteiger partial charge in [-0.2, -0.15) is 0 Å². The average molecular weight is 296 g/mol. The zero-order valence-corrected chi connectivity index (χ0v) is 12.4. The Kier molecular flexibility index (Phi) is 4.63. The minimum atomic E-state index is 0.541. The number of benzene rings is 1. The van der Waals surface area contributed by atoms with Crippen molar-refractivity contribution in [3.8, 4) is 0 Å². The summed E-state index contributed by atoms with van der Waals surface area (Å²) in [5.41, 5.74) is 2.75. The zero-order valence-electron chi connectivity index (χ0n) is 10.8. The average Bonchev–Trinajstić information content (AvgIpc) is 3.12. The quantitative estimate of drug-likeness (QED) is 0.809. The topological polar surface area (TPSA) is 12.0 Å². The second-order valence-corrected chi connectivity index (χ2v) is 6.05. The lowest BCUT2D eigenvalue weighted by Gasteiger charge is -2.19. The summed E-state index contributed by atoms with van der Waals surface area (Å²) in [5, 5.41) is 3.68. The van der Waals surface area contributed by atoms with Crippen molar-refractivity contribution < 1.29 is 0 Å². The molecule has 1 saturated carbocycles. The van der Waals surface area contributed by atoms with Gasteiger partial charge >= 0.3 is 0 Å². The Hall–Kier alpha value is -0.340. The summed E-state index contributed by atoms with van der Waals surface area (Å²) in [6.07, 6.45) is 5.36. The van der Waals surface area contributed by atoms with E-state index >= 15 is 0 Å². The molecule has 0 aromatic heterocycles. The zero-order chi connectivity index (χ0) is 12.3. The maximum Gasteiger partial charge on any atom is 0.0323 e. The first kappa shape index (κ1) is 13.1. The third-order valence-corrected chi connectivity index (χ3v) is 4.36. The van der Waals surface area contributed by atoms with E-state index in [-0.39, 0.29) is 0 Å². The first-order valence-corrected chi connectivity index (χ1v) is 7.49. The number of hydrogen-bond acceptors (Lipinski definition) is 1. The molecule has 2 rings (SSSR count). The molecule has 1 aromatic rings. The molecule has 0 aliphatic heterocycles. The van der Waals surface area contributed by atoms with Crippen LogP contribution in [0.4, 0.5) is 0 Å². The van der Waals surface area contributed by atoms with Gasteiger partial charge in [0.1, 0.15) is 0 Å². The fourth-order valence-corrected chi connectivity index (χ4v) is 2.57. The Morgan fingerprint density at radius 2 is 2.18 bits per heavy atom. The smallest absolute Gasteiger partial charge is 0.0323 e. The van der Waals surface area contributed by atoms with Crippen LogP contribution in [0.15, 0.2) is 22.7 Å². The van der Waals surface area contributed by atoms with Gasteiger partial charge in [-0.05, 0) is 49.4 Å². The molecule has 17 heavy (non-hydrogen) atoms. The Balaban J connectivity index is 2.08. The van der Waals surface area contributed by atoms with Gasteiger partial charge in [-0.1, -0.05) is 47.8 Å². The number of rotatable bonds is 6. The maximum absolute atomic E-state index is 3.68. The molecule has 1 atom stereocenters. The first-order chi connectivity index (χ1) is 8.20. The summed E-state index contributed by atoms with van der Waals surface area (Å²) in [5.74, 6) is 0.962. The van der Waals surface area contributed by atoms with Crippen molar-refractivity contribution in [2.24, 2.45) is 5.92 Å². The minimum Gasteiger partial charge on any atom is -0.310 e. The van der Waals surface area contributed by atoms with Crippen molar-refractivity contribution in [1.82, 2.24) is 5.32 Å². The van der Waals surface area contributed by atoms with Crippen molar-refractivity contribution in [1.29, 1.82) is 0 Å². The van der Waals surface area contributed by atoms with Crippen molar-refractivity contribution in [2.45, 2.75) is 45.6 Å². The van der Waals surface area contributed by atoms with E-state index in [0.29, 0.717) is 6.04 Å². The van der Waals surface area contributed by atoms with E-state index in [1.807, 2.05) is 0 Å². The summed E-state index contributed by atoms with van der Waals surface area (Å²) >= 11 is 3.64. The molecular formula is C15H22BrN. The standard InChI is InChI=1S/C15H22BrN/c1-3-8-17-15(9-12-5-6-12)13-7-4-11(2)14(16)10-13/h4,7,10,12,15,17H,3,5-6,8-9H2,1-2H3. The molecule has 0 heterocycles. The molecule has 0 spiro atoms. The minimum absolute atomic E-state index is 0.541. The Morgan fingerprint density at radius 3 is 2.76 bits per heavy atom. The largest absolute Gasteiger partial charge is 0.310 e. The lowest BCUT2D eigenvalue weighted by atomic mass is 10.00. The van der Waals surface area contributed by atoms with E-state index in [9.17, 15) is 0 Å². The Morgan fingerprint density at radius 1 is 1.41 bits per heavy atom. The molecule has 0 bridgehead atoms. The number of halogens is 1. The highest BCUT2D eigenvalue weighted by Gasteiger charge is 2.26.